The Kier molecular flexibility index (Phi) is 9.44. The first kappa shape index (κ1) is 22.6. The van der Waals surface area contributed by atoms with Crippen LogP contribution in [0.3, 0.4) is 0 Å². The van der Waals surface area contributed by atoms with Gasteiger partial charge in [-0.3, -0.25) is 9.89 Å². The predicted octanol–water partition coefficient (Wildman–Crippen LogP) is 3.69. The highest BCUT2D eigenvalue weighted by Gasteiger charge is 2.19. The van der Waals surface area contributed by atoms with Crippen LogP contribution in [0.5, 0.6) is 5.75 Å². The summed E-state index contributed by atoms with van der Waals surface area (Å²) >= 11 is 1.74. The molecule has 0 aliphatic carbocycles. The summed E-state index contributed by atoms with van der Waals surface area (Å²) in [5.74, 6) is 2.50. The summed E-state index contributed by atoms with van der Waals surface area (Å²) < 4.78 is 5.75. The van der Waals surface area contributed by atoms with E-state index in [0.29, 0.717) is 12.5 Å². The Morgan fingerprint density at radius 2 is 2.03 bits per heavy atom. The van der Waals surface area contributed by atoms with E-state index >= 15 is 0 Å². The molecule has 164 valence electrons. The third-order valence-corrected chi connectivity index (χ3v) is 6.06. The zero-order valence-corrected chi connectivity index (χ0v) is 19.1. The van der Waals surface area contributed by atoms with Gasteiger partial charge in [0.25, 0.3) is 0 Å². The number of para-hydroxylation sites is 1. The number of aryl methyl sites for hydroxylation is 1. The number of guanidine groups is 1. The second kappa shape index (κ2) is 12.5. The molecule has 0 spiro atoms. The molecule has 1 aromatic heterocycles. The third-order valence-electron chi connectivity index (χ3n) is 5.24. The lowest BCUT2D eigenvalue weighted by molar-refractivity contribution is 0.179. The van der Waals surface area contributed by atoms with E-state index in [1.807, 2.05) is 30.3 Å². The molecular weight excluding hydrogens is 394 g/mol. The maximum atomic E-state index is 5.75. The average molecular weight is 430 g/mol. The normalized spacial score (nSPS) is 15.9. The Bertz CT molecular complexity index is 756. The molecule has 2 aromatic rings. The van der Waals surface area contributed by atoms with Crippen LogP contribution in [-0.4, -0.2) is 55.2 Å². The van der Waals surface area contributed by atoms with Gasteiger partial charge in [-0.1, -0.05) is 18.2 Å². The number of nitrogens with one attached hydrogen (secondary N) is 2. The van der Waals surface area contributed by atoms with Gasteiger partial charge in [0.15, 0.2) is 5.96 Å². The molecule has 0 saturated carbocycles. The molecule has 0 amide bonds. The van der Waals surface area contributed by atoms with Crippen LogP contribution >= 0.6 is 11.3 Å². The van der Waals surface area contributed by atoms with Crippen LogP contribution in [0.1, 0.15) is 36.9 Å². The number of hydrogen-bond donors (Lipinski definition) is 2. The standard InChI is InChI=1S/C23H35N5OS/c1-3-24-23(25-12-7-15-29-22-8-5-4-6-9-22)26-16-20-10-13-28(14-11-20)17-21-18-30-19(2)27-21/h4-6,8-9,18,20H,3,7,10-17H2,1-2H3,(H2,24,25,26). The molecule has 1 aromatic carbocycles. The fourth-order valence-corrected chi connectivity index (χ4v) is 4.19. The fraction of sp³-hybridized carbons (Fsp3) is 0.565. The second-order valence-electron chi connectivity index (χ2n) is 7.74. The molecular formula is C23H35N5OS. The molecule has 1 saturated heterocycles. The van der Waals surface area contributed by atoms with Gasteiger partial charge in [0.1, 0.15) is 5.75 Å². The van der Waals surface area contributed by atoms with Crippen LogP contribution in [0.15, 0.2) is 40.7 Å². The summed E-state index contributed by atoms with van der Waals surface area (Å²) in [5.41, 5.74) is 1.21. The zero-order valence-electron chi connectivity index (χ0n) is 18.3. The second-order valence-corrected chi connectivity index (χ2v) is 8.80. The number of likely N-dealkylation sites (tertiary alicyclic amines) is 1. The van der Waals surface area contributed by atoms with Crippen molar-refractivity contribution in [1.82, 2.24) is 20.5 Å². The first-order valence-corrected chi connectivity index (χ1v) is 11.9. The largest absolute Gasteiger partial charge is 0.494 e. The van der Waals surface area contributed by atoms with Gasteiger partial charge in [0.2, 0.25) is 0 Å². The van der Waals surface area contributed by atoms with Gasteiger partial charge in [0, 0.05) is 31.6 Å². The molecule has 0 unspecified atom stereocenters. The minimum absolute atomic E-state index is 0.662. The van der Waals surface area contributed by atoms with Crippen LogP contribution < -0.4 is 15.4 Å². The molecule has 0 bridgehead atoms. The van der Waals surface area contributed by atoms with Gasteiger partial charge in [-0.25, -0.2) is 4.98 Å². The highest BCUT2D eigenvalue weighted by atomic mass is 32.1. The molecule has 0 radical (unpaired) electrons. The monoisotopic (exact) mass is 429 g/mol. The summed E-state index contributed by atoms with van der Waals surface area (Å²) in [5, 5.41) is 10.1. The molecule has 1 aliphatic rings. The molecule has 1 aliphatic heterocycles. The Hall–Kier alpha value is -2.12. The number of ether oxygens (including phenoxy) is 1. The number of piperidine rings is 1. The van der Waals surface area contributed by atoms with Crippen LogP contribution in [-0.2, 0) is 6.54 Å². The quantitative estimate of drug-likeness (QED) is 0.343. The van der Waals surface area contributed by atoms with E-state index in [4.69, 9.17) is 9.73 Å². The smallest absolute Gasteiger partial charge is 0.191 e. The van der Waals surface area contributed by atoms with Crippen LogP contribution in [0.2, 0.25) is 0 Å². The van der Waals surface area contributed by atoms with Crippen molar-refractivity contribution in [2.24, 2.45) is 10.9 Å². The Balaban J connectivity index is 1.33. The third kappa shape index (κ3) is 7.95. The number of aromatic nitrogens is 1. The number of rotatable bonds is 10. The lowest BCUT2D eigenvalue weighted by atomic mass is 9.97. The van der Waals surface area contributed by atoms with Crippen LogP contribution in [0.4, 0.5) is 0 Å². The number of hydrogen-bond acceptors (Lipinski definition) is 5. The summed E-state index contributed by atoms with van der Waals surface area (Å²) in [6, 6.07) is 9.96. The van der Waals surface area contributed by atoms with E-state index in [1.54, 1.807) is 11.3 Å². The van der Waals surface area contributed by atoms with Crippen molar-refractivity contribution in [1.29, 1.82) is 0 Å². The van der Waals surface area contributed by atoms with Gasteiger partial charge in [0.05, 0.1) is 17.3 Å². The van der Waals surface area contributed by atoms with Crippen molar-refractivity contribution in [3.8, 4) is 5.75 Å². The fourth-order valence-electron chi connectivity index (χ4n) is 3.58. The number of thiazole rings is 1. The van der Waals surface area contributed by atoms with Gasteiger partial charge in [-0.15, -0.1) is 11.3 Å². The van der Waals surface area contributed by atoms with Crippen molar-refractivity contribution in [2.45, 2.75) is 39.7 Å². The first-order valence-electron chi connectivity index (χ1n) is 11.1. The zero-order chi connectivity index (χ0) is 21.0. The lowest BCUT2D eigenvalue weighted by Crippen LogP contribution is -2.39. The summed E-state index contributed by atoms with van der Waals surface area (Å²) in [6.45, 7) is 10.7. The van der Waals surface area contributed by atoms with E-state index in [9.17, 15) is 0 Å². The van der Waals surface area contributed by atoms with Crippen LogP contribution in [0, 0.1) is 12.8 Å². The Labute approximate surface area is 184 Å². The van der Waals surface area contributed by atoms with Crippen molar-refractivity contribution in [3.63, 3.8) is 0 Å². The molecule has 3 rings (SSSR count). The van der Waals surface area contributed by atoms with Gasteiger partial charge in [-0.2, -0.15) is 0 Å². The molecule has 1 fully saturated rings. The van der Waals surface area contributed by atoms with E-state index in [-0.39, 0.29) is 0 Å². The average Bonchev–Trinajstić information content (AvgIpc) is 3.18. The Morgan fingerprint density at radius 1 is 1.23 bits per heavy atom. The predicted molar refractivity (Wildman–Crippen MR) is 125 cm³/mol. The highest BCUT2D eigenvalue weighted by Crippen LogP contribution is 2.20. The van der Waals surface area contributed by atoms with Crippen molar-refractivity contribution >= 4 is 17.3 Å². The number of aliphatic imine (C=N–C) groups is 1. The first-order chi connectivity index (χ1) is 14.7. The highest BCUT2D eigenvalue weighted by molar-refractivity contribution is 7.09. The van der Waals surface area contributed by atoms with Crippen molar-refractivity contribution in [3.05, 3.63) is 46.4 Å². The minimum Gasteiger partial charge on any atom is -0.494 e. The van der Waals surface area contributed by atoms with Crippen LogP contribution in [0.25, 0.3) is 0 Å². The van der Waals surface area contributed by atoms with Gasteiger partial charge in [-0.05, 0) is 64.3 Å². The number of nitrogens with zero attached hydrogens (tertiary/aromatic N) is 3. The van der Waals surface area contributed by atoms with Gasteiger partial charge >= 0.3 is 0 Å². The molecule has 0 atom stereocenters. The molecule has 6 nitrogen and oxygen atoms in total. The maximum absolute atomic E-state index is 5.75. The van der Waals surface area contributed by atoms with E-state index in [1.165, 1.54) is 18.5 Å². The van der Waals surface area contributed by atoms with E-state index in [0.717, 1.165) is 62.4 Å². The molecule has 2 heterocycles. The molecule has 7 heteroatoms. The van der Waals surface area contributed by atoms with E-state index in [2.05, 4.69) is 39.7 Å². The topological polar surface area (TPSA) is 61.8 Å². The van der Waals surface area contributed by atoms with Gasteiger partial charge < -0.3 is 15.4 Å². The summed E-state index contributed by atoms with van der Waals surface area (Å²) in [6.07, 6.45) is 3.35. The SMILES string of the molecule is CCNC(=NCC1CCN(Cc2csc(C)n2)CC1)NCCCOc1ccccc1. The summed E-state index contributed by atoms with van der Waals surface area (Å²) in [4.78, 5) is 11.9. The summed E-state index contributed by atoms with van der Waals surface area (Å²) in [7, 11) is 0. The lowest BCUT2D eigenvalue weighted by Gasteiger charge is -2.30. The maximum Gasteiger partial charge on any atom is 0.191 e. The van der Waals surface area contributed by atoms with E-state index < -0.39 is 0 Å². The van der Waals surface area contributed by atoms with Crippen molar-refractivity contribution < 1.29 is 4.74 Å². The Morgan fingerprint density at radius 3 is 2.73 bits per heavy atom. The molecule has 30 heavy (non-hydrogen) atoms. The molecule has 2 N–H and O–H groups in total. The van der Waals surface area contributed by atoms with Crippen molar-refractivity contribution in [2.75, 3.05) is 39.3 Å². The minimum atomic E-state index is 0.662. The number of benzene rings is 1.